The molecule has 0 aliphatic heterocycles. The minimum absolute atomic E-state index is 0.0722. The van der Waals surface area contributed by atoms with Gasteiger partial charge in [-0.05, 0) is 66.2 Å². The lowest BCUT2D eigenvalue weighted by Gasteiger charge is -2.09. The van der Waals surface area contributed by atoms with Crippen LogP contribution in [0.2, 0.25) is 5.02 Å². The van der Waals surface area contributed by atoms with Gasteiger partial charge >= 0.3 is 0 Å². The second-order valence-electron chi connectivity index (χ2n) is 6.20. The Morgan fingerprint density at radius 2 is 1.57 bits per heavy atom. The third-order valence-electron chi connectivity index (χ3n) is 4.09. The summed E-state index contributed by atoms with van der Waals surface area (Å²) in [5, 5.41) is 3.22. The van der Waals surface area contributed by atoms with Gasteiger partial charge in [-0.1, -0.05) is 29.8 Å². The van der Waals surface area contributed by atoms with Crippen molar-refractivity contribution in [2.45, 2.75) is 4.90 Å². The first-order chi connectivity index (χ1) is 14.4. The maximum Gasteiger partial charge on any atom is 0.261 e. The van der Waals surface area contributed by atoms with Crippen molar-refractivity contribution in [2.75, 3.05) is 17.1 Å². The van der Waals surface area contributed by atoms with Crippen LogP contribution in [-0.4, -0.2) is 21.4 Å². The lowest BCUT2D eigenvalue weighted by Crippen LogP contribution is -2.13. The normalized spacial score (nSPS) is 11.3. The number of methoxy groups -OCH3 is 1. The molecule has 0 aliphatic carbocycles. The Bertz CT molecular complexity index is 1160. The second-order valence-corrected chi connectivity index (χ2v) is 8.29. The molecule has 0 unspecified atom stereocenters. The average Bonchev–Trinajstić information content (AvgIpc) is 2.74. The number of amides is 1. The van der Waals surface area contributed by atoms with E-state index in [1.165, 1.54) is 37.5 Å². The molecule has 0 fully saturated rings. The van der Waals surface area contributed by atoms with Crippen molar-refractivity contribution in [2.24, 2.45) is 0 Å². The number of halogens is 1. The predicted molar refractivity (Wildman–Crippen MR) is 119 cm³/mol. The van der Waals surface area contributed by atoms with Crippen molar-refractivity contribution in [1.29, 1.82) is 0 Å². The van der Waals surface area contributed by atoms with Crippen molar-refractivity contribution in [3.8, 4) is 5.75 Å². The third-order valence-corrected chi connectivity index (χ3v) is 5.84. The van der Waals surface area contributed by atoms with E-state index in [-0.39, 0.29) is 10.8 Å². The Morgan fingerprint density at radius 1 is 0.933 bits per heavy atom. The van der Waals surface area contributed by atoms with Gasteiger partial charge in [0.15, 0.2) is 0 Å². The summed E-state index contributed by atoms with van der Waals surface area (Å²) in [5.74, 6) is 0.267. The third kappa shape index (κ3) is 5.62. The van der Waals surface area contributed by atoms with Crippen LogP contribution in [0.5, 0.6) is 5.75 Å². The summed E-state index contributed by atoms with van der Waals surface area (Å²) in [4.78, 5) is 12.2. The van der Waals surface area contributed by atoms with Crippen LogP contribution in [0.25, 0.3) is 6.08 Å². The lowest BCUT2D eigenvalue weighted by atomic mass is 10.2. The van der Waals surface area contributed by atoms with E-state index in [0.717, 1.165) is 5.56 Å². The molecule has 3 rings (SSSR count). The first kappa shape index (κ1) is 21.4. The smallest absolute Gasteiger partial charge is 0.261 e. The molecule has 6 nitrogen and oxygen atoms in total. The van der Waals surface area contributed by atoms with Crippen molar-refractivity contribution in [1.82, 2.24) is 0 Å². The molecular weight excluding hydrogens is 424 g/mol. The number of anilines is 2. The molecule has 0 radical (unpaired) electrons. The summed E-state index contributed by atoms with van der Waals surface area (Å²) in [6.07, 6.45) is 2.96. The number of nitrogens with one attached hydrogen (secondary N) is 2. The first-order valence-electron chi connectivity index (χ1n) is 8.88. The van der Waals surface area contributed by atoms with E-state index in [9.17, 15) is 13.2 Å². The largest absolute Gasteiger partial charge is 0.497 e. The fourth-order valence-corrected chi connectivity index (χ4v) is 3.81. The highest BCUT2D eigenvalue weighted by Gasteiger charge is 2.14. The summed E-state index contributed by atoms with van der Waals surface area (Å²) in [6, 6.07) is 19.6. The lowest BCUT2D eigenvalue weighted by molar-refractivity contribution is -0.111. The van der Waals surface area contributed by atoms with E-state index in [2.05, 4.69) is 10.0 Å². The summed E-state index contributed by atoms with van der Waals surface area (Å²) in [6.45, 7) is 0. The van der Waals surface area contributed by atoms with Crippen LogP contribution < -0.4 is 14.8 Å². The van der Waals surface area contributed by atoms with Crippen LogP contribution in [0.3, 0.4) is 0 Å². The van der Waals surface area contributed by atoms with Crippen LogP contribution in [0.15, 0.2) is 83.8 Å². The number of sulfonamides is 1. The topological polar surface area (TPSA) is 84.5 Å². The fraction of sp³-hybridized carbons (Fsp3) is 0.0455. The molecule has 1 amide bonds. The first-order valence-corrected chi connectivity index (χ1v) is 10.7. The van der Waals surface area contributed by atoms with Crippen LogP contribution in [0.1, 0.15) is 5.56 Å². The van der Waals surface area contributed by atoms with Crippen molar-refractivity contribution in [3.63, 3.8) is 0 Å². The molecule has 2 N–H and O–H groups in total. The van der Waals surface area contributed by atoms with Crippen LogP contribution in [-0.2, 0) is 14.8 Å². The van der Waals surface area contributed by atoms with Gasteiger partial charge in [0.2, 0.25) is 5.91 Å². The van der Waals surface area contributed by atoms with E-state index in [0.29, 0.717) is 22.1 Å². The Labute approximate surface area is 180 Å². The molecule has 154 valence electrons. The SMILES string of the molecule is COc1ccc(NS(=O)(=O)c2ccc(NC(=O)/C=C/c3ccccc3Cl)cc2)cc1. The molecule has 0 heterocycles. The van der Waals surface area contributed by atoms with E-state index in [1.807, 2.05) is 6.07 Å². The fourth-order valence-electron chi connectivity index (χ4n) is 2.55. The molecule has 8 heteroatoms. The molecule has 3 aromatic carbocycles. The van der Waals surface area contributed by atoms with Crippen LogP contribution >= 0.6 is 11.6 Å². The van der Waals surface area contributed by atoms with E-state index >= 15 is 0 Å². The van der Waals surface area contributed by atoms with Gasteiger partial charge in [0, 0.05) is 22.5 Å². The Hall–Kier alpha value is -3.29. The Kier molecular flexibility index (Phi) is 6.76. The second kappa shape index (κ2) is 9.47. The zero-order valence-electron chi connectivity index (χ0n) is 16.0. The van der Waals surface area contributed by atoms with Gasteiger partial charge in [-0.2, -0.15) is 0 Å². The Balaban J connectivity index is 1.64. The van der Waals surface area contributed by atoms with Gasteiger partial charge < -0.3 is 10.1 Å². The summed E-state index contributed by atoms with van der Waals surface area (Å²) in [7, 11) is -2.23. The Morgan fingerprint density at radius 3 is 2.20 bits per heavy atom. The predicted octanol–water partition coefficient (Wildman–Crippen LogP) is 4.80. The van der Waals surface area contributed by atoms with E-state index in [1.54, 1.807) is 48.5 Å². The van der Waals surface area contributed by atoms with Gasteiger partial charge in [0.25, 0.3) is 10.0 Å². The summed E-state index contributed by atoms with van der Waals surface area (Å²) >= 11 is 6.05. The maximum absolute atomic E-state index is 12.5. The molecule has 0 aromatic heterocycles. The van der Waals surface area contributed by atoms with Gasteiger partial charge in [-0.15, -0.1) is 0 Å². The number of rotatable bonds is 7. The standard InChI is InChI=1S/C22H19ClN2O4S/c1-29-19-11-7-18(8-12-19)25-30(27,28)20-13-9-17(10-14-20)24-22(26)15-6-16-4-2-3-5-21(16)23/h2-15,25H,1H3,(H,24,26)/b15-6+. The maximum atomic E-state index is 12.5. The van der Waals surface area contributed by atoms with Gasteiger partial charge in [0.1, 0.15) is 5.75 Å². The van der Waals surface area contributed by atoms with Crippen molar-refractivity contribution < 1.29 is 17.9 Å². The van der Waals surface area contributed by atoms with Crippen molar-refractivity contribution in [3.05, 3.63) is 89.5 Å². The van der Waals surface area contributed by atoms with Gasteiger partial charge in [0.05, 0.1) is 12.0 Å². The summed E-state index contributed by atoms with van der Waals surface area (Å²) < 4.78 is 32.6. The van der Waals surface area contributed by atoms with Gasteiger partial charge in [-0.3, -0.25) is 9.52 Å². The monoisotopic (exact) mass is 442 g/mol. The highest BCUT2D eigenvalue weighted by molar-refractivity contribution is 7.92. The number of carbonyl (C=O) groups excluding carboxylic acids is 1. The number of carbonyl (C=O) groups is 1. The summed E-state index contributed by atoms with van der Waals surface area (Å²) in [5.41, 5.74) is 1.60. The molecule has 0 atom stereocenters. The van der Waals surface area contributed by atoms with E-state index < -0.39 is 10.0 Å². The molecule has 0 spiro atoms. The zero-order valence-corrected chi connectivity index (χ0v) is 17.6. The van der Waals surface area contributed by atoms with Crippen LogP contribution in [0.4, 0.5) is 11.4 Å². The molecule has 0 saturated heterocycles. The molecule has 0 aliphatic rings. The quantitative estimate of drug-likeness (QED) is 0.514. The molecule has 30 heavy (non-hydrogen) atoms. The number of benzene rings is 3. The highest BCUT2D eigenvalue weighted by atomic mass is 35.5. The van der Waals surface area contributed by atoms with Crippen molar-refractivity contribution >= 4 is 45.0 Å². The number of hydrogen-bond acceptors (Lipinski definition) is 4. The zero-order chi connectivity index (χ0) is 21.6. The molecule has 0 bridgehead atoms. The number of ether oxygens (including phenoxy) is 1. The molecular formula is C22H19ClN2O4S. The minimum Gasteiger partial charge on any atom is -0.497 e. The minimum atomic E-state index is -3.76. The molecule has 3 aromatic rings. The molecule has 0 saturated carbocycles. The average molecular weight is 443 g/mol. The highest BCUT2D eigenvalue weighted by Crippen LogP contribution is 2.21. The van der Waals surface area contributed by atoms with Crippen LogP contribution in [0, 0.1) is 0 Å². The number of hydrogen-bond donors (Lipinski definition) is 2. The van der Waals surface area contributed by atoms with Gasteiger partial charge in [-0.25, -0.2) is 8.42 Å². The van der Waals surface area contributed by atoms with E-state index in [4.69, 9.17) is 16.3 Å².